The van der Waals surface area contributed by atoms with E-state index in [1.54, 1.807) is 18.2 Å². The molecule has 2 N–H and O–H groups in total. The highest BCUT2D eigenvalue weighted by Gasteiger charge is 2.12. The molecule has 0 radical (unpaired) electrons. The van der Waals surface area contributed by atoms with Crippen LogP contribution in [0.1, 0.15) is 24.2 Å². The van der Waals surface area contributed by atoms with Crippen LogP contribution in [-0.4, -0.2) is 16.8 Å². The molecule has 0 spiro atoms. The van der Waals surface area contributed by atoms with Gasteiger partial charge in [0.2, 0.25) is 5.91 Å². The molecule has 0 saturated carbocycles. The molecule has 0 aliphatic rings. The van der Waals surface area contributed by atoms with E-state index in [-0.39, 0.29) is 17.7 Å². The molecule has 0 unspecified atom stereocenters. The highest BCUT2D eigenvalue weighted by Crippen LogP contribution is 2.28. The van der Waals surface area contributed by atoms with Gasteiger partial charge >= 0.3 is 0 Å². The first-order chi connectivity index (χ1) is 11.9. The van der Waals surface area contributed by atoms with Crippen LogP contribution in [0.15, 0.2) is 46.9 Å². The Morgan fingerprint density at radius 1 is 1.08 bits per heavy atom. The summed E-state index contributed by atoms with van der Waals surface area (Å²) in [6, 6.07) is 12.7. The number of carbonyl (C=O) groups excluding carboxylic acids is 2. The standard InChI is InChI=1S/C18H16BrN3O2S/c1-10(2)16(23)22-18-21-14-9-13(7-8-15(14)25-18)20-17(24)11-3-5-12(19)6-4-11/h3-10H,1-2H3,(H,20,24)(H,21,22,23). The van der Waals surface area contributed by atoms with Gasteiger partial charge < -0.3 is 10.6 Å². The molecule has 1 aromatic heterocycles. The number of anilines is 2. The van der Waals surface area contributed by atoms with Crippen molar-refractivity contribution in [2.24, 2.45) is 5.92 Å². The molecule has 0 fully saturated rings. The van der Waals surface area contributed by atoms with Crippen LogP contribution in [0.2, 0.25) is 0 Å². The zero-order chi connectivity index (χ0) is 18.0. The number of thiazole rings is 1. The maximum absolute atomic E-state index is 12.3. The molecule has 0 aliphatic carbocycles. The SMILES string of the molecule is CC(C)C(=O)Nc1nc2cc(NC(=O)c3ccc(Br)cc3)ccc2s1. The largest absolute Gasteiger partial charge is 0.322 e. The molecule has 0 saturated heterocycles. The van der Waals surface area contributed by atoms with E-state index in [0.717, 1.165) is 14.7 Å². The summed E-state index contributed by atoms with van der Waals surface area (Å²) < 4.78 is 1.87. The van der Waals surface area contributed by atoms with Crippen LogP contribution in [-0.2, 0) is 4.79 Å². The second kappa shape index (κ2) is 7.33. The Morgan fingerprint density at radius 3 is 2.48 bits per heavy atom. The molecular weight excluding hydrogens is 402 g/mol. The minimum atomic E-state index is -0.185. The Bertz CT molecular complexity index is 935. The molecule has 3 rings (SSSR count). The van der Waals surface area contributed by atoms with E-state index < -0.39 is 0 Å². The monoisotopic (exact) mass is 417 g/mol. The lowest BCUT2D eigenvalue weighted by Crippen LogP contribution is -2.17. The molecule has 5 nitrogen and oxygen atoms in total. The molecule has 2 amide bonds. The van der Waals surface area contributed by atoms with Gasteiger partial charge in [-0.15, -0.1) is 0 Å². The van der Waals surface area contributed by atoms with E-state index in [4.69, 9.17) is 0 Å². The Hall–Kier alpha value is -2.25. The summed E-state index contributed by atoms with van der Waals surface area (Å²) in [5, 5.41) is 6.22. The van der Waals surface area contributed by atoms with E-state index in [0.29, 0.717) is 16.4 Å². The number of aromatic nitrogens is 1. The number of nitrogens with one attached hydrogen (secondary N) is 2. The van der Waals surface area contributed by atoms with Crippen LogP contribution in [0, 0.1) is 5.92 Å². The first-order valence-corrected chi connectivity index (χ1v) is 9.31. The zero-order valence-electron chi connectivity index (χ0n) is 13.7. The molecule has 7 heteroatoms. The zero-order valence-corrected chi connectivity index (χ0v) is 16.1. The smallest absolute Gasteiger partial charge is 0.255 e. The fraction of sp³-hybridized carbons (Fsp3) is 0.167. The lowest BCUT2D eigenvalue weighted by atomic mass is 10.2. The van der Waals surface area contributed by atoms with Crippen molar-refractivity contribution < 1.29 is 9.59 Å². The second-order valence-corrected chi connectivity index (χ2v) is 7.75. The summed E-state index contributed by atoms with van der Waals surface area (Å²) in [4.78, 5) is 28.5. The summed E-state index contributed by atoms with van der Waals surface area (Å²) in [5.41, 5.74) is 1.97. The first kappa shape index (κ1) is 17.6. The van der Waals surface area contributed by atoms with Crippen molar-refractivity contribution in [2.75, 3.05) is 10.6 Å². The van der Waals surface area contributed by atoms with Gasteiger partial charge in [0, 0.05) is 21.6 Å². The summed E-state index contributed by atoms with van der Waals surface area (Å²) in [6.45, 7) is 3.66. The minimum Gasteiger partial charge on any atom is -0.322 e. The van der Waals surface area contributed by atoms with Crippen molar-refractivity contribution >= 4 is 60.1 Å². The number of nitrogens with zero attached hydrogens (tertiary/aromatic N) is 1. The van der Waals surface area contributed by atoms with Gasteiger partial charge in [-0.25, -0.2) is 4.98 Å². The lowest BCUT2D eigenvalue weighted by Gasteiger charge is -2.05. The normalized spacial score (nSPS) is 10.9. The molecule has 0 aliphatic heterocycles. The maximum atomic E-state index is 12.3. The van der Waals surface area contributed by atoms with Gasteiger partial charge in [0.25, 0.3) is 5.91 Å². The van der Waals surface area contributed by atoms with Crippen LogP contribution >= 0.6 is 27.3 Å². The lowest BCUT2D eigenvalue weighted by molar-refractivity contribution is -0.118. The third-order valence-electron chi connectivity index (χ3n) is 3.51. The fourth-order valence-corrected chi connectivity index (χ4v) is 3.23. The van der Waals surface area contributed by atoms with Gasteiger partial charge in [-0.2, -0.15) is 0 Å². The Morgan fingerprint density at radius 2 is 1.80 bits per heavy atom. The van der Waals surface area contributed by atoms with Crippen molar-refractivity contribution in [3.63, 3.8) is 0 Å². The first-order valence-electron chi connectivity index (χ1n) is 7.71. The van der Waals surface area contributed by atoms with Crippen molar-refractivity contribution in [3.05, 3.63) is 52.5 Å². The number of hydrogen-bond acceptors (Lipinski definition) is 4. The topological polar surface area (TPSA) is 71.1 Å². The van der Waals surface area contributed by atoms with Gasteiger partial charge in [0.1, 0.15) is 0 Å². The van der Waals surface area contributed by atoms with E-state index >= 15 is 0 Å². The van der Waals surface area contributed by atoms with Gasteiger partial charge in [-0.05, 0) is 42.5 Å². The van der Waals surface area contributed by atoms with Crippen LogP contribution in [0.3, 0.4) is 0 Å². The predicted octanol–water partition coefficient (Wildman–Crippen LogP) is 4.91. The van der Waals surface area contributed by atoms with Crippen LogP contribution in [0.4, 0.5) is 10.8 Å². The molecule has 3 aromatic rings. The van der Waals surface area contributed by atoms with Gasteiger partial charge in [-0.3, -0.25) is 9.59 Å². The van der Waals surface area contributed by atoms with Crippen molar-refractivity contribution in [3.8, 4) is 0 Å². The molecule has 128 valence electrons. The molecule has 25 heavy (non-hydrogen) atoms. The van der Waals surface area contributed by atoms with Crippen molar-refractivity contribution in [1.82, 2.24) is 4.98 Å². The van der Waals surface area contributed by atoms with Crippen molar-refractivity contribution in [1.29, 1.82) is 0 Å². The molecule has 0 atom stereocenters. The van der Waals surface area contributed by atoms with E-state index in [1.807, 2.05) is 38.1 Å². The molecule has 1 heterocycles. The van der Waals surface area contributed by atoms with Gasteiger partial charge in [0.05, 0.1) is 10.2 Å². The predicted molar refractivity (Wildman–Crippen MR) is 105 cm³/mol. The number of benzene rings is 2. The van der Waals surface area contributed by atoms with Crippen LogP contribution in [0.25, 0.3) is 10.2 Å². The number of halogens is 1. The van der Waals surface area contributed by atoms with Crippen molar-refractivity contribution in [2.45, 2.75) is 13.8 Å². The van der Waals surface area contributed by atoms with E-state index in [1.165, 1.54) is 11.3 Å². The summed E-state index contributed by atoms with van der Waals surface area (Å²) in [5.74, 6) is -0.356. The maximum Gasteiger partial charge on any atom is 0.255 e. The second-order valence-electron chi connectivity index (χ2n) is 5.81. The number of rotatable bonds is 4. The summed E-state index contributed by atoms with van der Waals surface area (Å²) in [6.07, 6.45) is 0. The summed E-state index contributed by atoms with van der Waals surface area (Å²) >= 11 is 4.76. The summed E-state index contributed by atoms with van der Waals surface area (Å²) in [7, 11) is 0. The van der Waals surface area contributed by atoms with Gasteiger partial charge in [-0.1, -0.05) is 41.1 Å². The fourth-order valence-electron chi connectivity index (χ4n) is 2.11. The average Bonchev–Trinajstić information content (AvgIpc) is 2.96. The van der Waals surface area contributed by atoms with Crippen LogP contribution < -0.4 is 10.6 Å². The van der Waals surface area contributed by atoms with Crippen LogP contribution in [0.5, 0.6) is 0 Å². The molecule has 0 bridgehead atoms. The number of carbonyl (C=O) groups is 2. The van der Waals surface area contributed by atoms with Gasteiger partial charge in [0.15, 0.2) is 5.13 Å². The number of hydrogen-bond donors (Lipinski definition) is 2. The number of fused-ring (bicyclic) bond motifs is 1. The Labute approximate surface area is 157 Å². The Balaban J connectivity index is 1.77. The Kier molecular flexibility index (Phi) is 5.15. The highest BCUT2D eigenvalue weighted by molar-refractivity contribution is 9.10. The number of amides is 2. The van der Waals surface area contributed by atoms with E-state index in [9.17, 15) is 9.59 Å². The minimum absolute atomic E-state index is 0.0668. The molecular formula is C18H16BrN3O2S. The third-order valence-corrected chi connectivity index (χ3v) is 4.99. The molecule has 2 aromatic carbocycles. The third kappa shape index (κ3) is 4.24. The average molecular weight is 418 g/mol. The van der Waals surface area contributed by atoms with E-state index in [2.05, 4.69) is 31.5 Å². The quantitative estimate of drug-likeness (QED) is 0.633. The highest BCUT2D eigenvalue weighted by atomic mass is 79.9.